The van der Waals surface area contributed by atoms with Crippen molar-refractivity contribution < 1.29 is 19.1 Å². The summed E-state index contributed by atoms with van der Waals surface area (Å²) in [7, 11) is 0. The topological polar surface area (TPSA) is 85.5 Å². The molecule has 0 radical (unpaired) electrons. The normalized spacial score (nSPS) is 11.5. The lowest BCUT2D eigenvalue weighted by molar-refractivity contribution is -0.131. The maximum Gasteiger partial charge on any atom is 0.342 e. The van der Waals surface area contributed by atoms with E-state index in [2.05, 4.69) is 10.2 Å². The lowest BCUT2D eigenvalue weighted by atomic mass is 10.2. The van der Waals surface area contributed by atoms with Crippen molar-refractivity contribution in [2.24, 2.45) is 0 Å². The molecule has 0 saturated carbocycles. The minimum atomic E-state index is -1.14. The Bertz CT molecular complexity index is 1020. The van der Waals surface area contributed by atoms with Crippen LogP contribution in [0.4, 0.5) is 0 Å². The number of aromatic nitrogens is 2. The molecule has 0 spiro atoms. The molecule has 1 heterocycles. The molecule has 3 aromatic rings. The smallest absolute Gasteiger partial charge is 0.342 e. The molecule has 3 rings (SSSR count). The van der Waals surface area contributed by atoms with Gasteiger partial charge in [0.1, 0.15) is 10.7 Å². The highest BCUT2D eigenvalue weighted by Gasteiger charge is 2.17. The molecule has 0 unspecified atom stereocenters. The Morgan fingerprint density at radius 1 is 1.18 bits per heavy atom. The van der Waals surface area contributed by atoms with E-state index >= 15 is 0 Å². The summed E-state index contributed by atoms with van der Waals surface area (Å²) in [6, 6.07) is 11.9. The molecule has 0 saturated heterocycles. The third-order valence-corrected chi connectivity index (χ3v) is 4.80. The molecule has 0 fully saturated rings. The van der Waals surface area contributed by atoms with Gasteiger partial charge in [-0.15, -0.1) is 10.2 Å². The summed E-state index contributed by atoms with van der Waals surface area (Å²) in [6.07, 6.45) is 1.45. The van der Waals surface area contributed by atoms with E-state index in [0.29, 0.717) is 33.5 Å². The van der Waals surface area contributed by atoms with E-state index in [1.165, 1.54) is 6.08 Å². The number of thioether (sulfide) groups is 1. The van der Waals surface area contributed by atoms with Crippen LogP contribution >= 0.6 is 35.0 Å². The molecular weight excluding hydrogens is 423 g/mol. The second-order valence-corrected chi connectivity index (χ2v) is 7.28. The van der Waals surface area contributed by atoms with Gasteiger partial charge in [0.2, 0.25) is 5.89 Å². The van der Waals surface area contributed by atoms with E-state index in [0.717, 1.165) is 11.8 Å². The van der Waals surface area contributed by atoms with Gasteiger partial charge in [0, 0.05) is 21.2 Å². The lowest BCUT2D eigenvalue weighted by Crippen LogP contribution is -1.98. The third kappa shape index (κ3) is 5.07. The van der Waals surface area contributed by atoms with Crippen molar-refractivity contribution in [3.05, 3.63) is 63.0 Å². The van der Waals surface area contributed by atoms with Crippen molar-refractivity contribution in [3.8, 4) is 17.2 Å². The van der Waals surface area contributed by atoms with Crippen LogP contribution in [-0.4, -0.2) is 27.9 Å². The van der Waals surface area contributed by atoms with Gasteiger partial charge in [0.15, 0.2) is 0 Å². The molecule has 0 aliphatic carbocycles. The van der Waals surface area contributed by atoms with Crippen molar-refractivity contribution in [1.82, 2.24) is 10.2 Å². The van der Waals surface area contributed by atoms with Gasteiger partial charge in [0.05, 0.1) is 6.61 Å². The molecule has 1 aromatic heterocycles. The molecule has 0 aliphatic heterocycles. The van der Waals surface area contributed by atoms with Crippen LogP contribution in [0.25, 0.3) is 17.5 Å². The van der Waals surface area contributed by atoms with Gasteiger partial charge in [-0.05, 0) is 67.2 Å². The van der Waals surface area contributed by atoms with Crippen LogP contribution in [0.1, 0.15) is 12.5 Å². The van der Waals surface area contributed by atoms with Crippen molar-refractivity contribution in [2.75, 3.05) is 6.61 Å². The maximum atomic E-state index is 11.7. The highest BCUT2D eigenvalue weighted by Crippen LogP contribution is 2.33. The number of hydrogen-bond acceptors (Lipinski definition) is 6. The first kappa shape index (κ1) is 20.3. The van der Waals surface area contributed by atoms with E-state index in [1.807, 2.05) is 6.92 Å². The summed E-state index contributed by atoms with van der Waals surface area (Å²) in [5.41, 5.74) is 1.22. The van der Waals surface area contributed by atoms with E-state index in [9.17, 15) is 9.90 Å². The van der Waals surface area contributed by atoms with Gasteiger partial charge in [-0.2, -0.15) is 0 Å². The summed E-state index contributed by atoms with van der Waals surface area (Å²) in [5, 5.41) is 18.6. The Balaban J connectivity index is 1.88. The zero-order valence-corrected chi connectivity index (χ0v) is 16.9. The van der Waals surface area contributed by atoms with Crippen LogP contribution in [0.15, 0.2) is 57.0 Å². The molecule has 9 heteroatoms. The van der Waals surface area contributed by atoms with Crippen LogP contribution in [0.2, 0.25) is 10.0 Å². The monoisotopic (exact) mass is 436 g/mol. The average Bonchev–Trinajstić information content (AvgIpc) is 3.12. The zero-order valence-electron chi connectivity index (χ0n) is 14.6. The summed E-state index contributed by atoms with van der Waals surface area (Å²) in [6.45, 7) is 2.28. The molecular formula is C19H14Cl2N2O4S. The van der Waals surface area contributed by atoms with Crippen LogP contribution in [0, 0.1) is 0 Å². The largest absolute Gasteiger partial charge is 0.493 e. The number of halogens is 2. The minimum Gasteiger partial charge on any atom is -0.493 e. The first-order valence-corrected chi connectivity index (χ1v) is 9.68. The number of ether oxygens (including phenoxy) is 1. The predicted octanol–water partition coefficient (Wildman–Crippen LogP) is 5.66. The molecule has 2 aromatic carbocycles. The number of rotatable bonds is 7. The second-order valence-electron chi connectivity index (χ2n) is 5.41. The van der Waals surface area contributed by atoms with E-state index in [4.69, 9.17) is 32.4 Å². The van der Waals surface area contributed by atoms with Crippen LogP contribution in [-0.2, 0) is 4.79 Å². The molecule has 28 heavy (non-hydrogen) atoms. The number of benzene rings is 2. The van der Waals surface area contributed by atoms with E-state index in [1.54, 1.807) is 42.5 Å². The summed E-state index contributed by atoms with van der Waals surface area (Å²) in [5.74, 6) is -0.348. The summed E-state index contributed by atoms with van der Waals surface area (Å²) >= 11 is 12.7. The fraction of sp³-hybridized carbons (Fsp3) is 0.105. The number of nitrogens with zero attached hydrogens (tertiary/aromatic N) is 2. The highest BCUT2D eigenvalue weighted by atomic mass is 35.5. The van der Waals surface area contributed by atoms with Gasteiger partial charge >= 0.3 is 5.97 Å². The molecule has 0 aliphatic rings. The summed E-state index contributed by atoms with van der Waals surface area (Å²) in [4.78, 5) is 11.7. The first-order chi connectivity index (χ1) is 13.5. The number of hydrogen-bond donors (Lipinski definition) is 1. The molecule has 0 amide bonds. The third-order valence-electron chi connectivity index (χ3n) is 3.46. The summed E-state index contributed by atoms with van der Waals surface area (Å²) < 4.78 is 11.1. The Labute approximate surface area is 175 Å². The fourth-order valence-corrected chi connectivity index (χ4v) is 3.22. The zero-order chi connectivity index (χ0) is 20.1. The molecule has 0 bridgehead atoms. The second kappa shape index (κ2) is 9.14. The SMILES string of the molecule is CCOc1ccc(Cl)cc1/C=C(\Sc1nnc(-c2ccc(Cl)cc2)o1)C(=O)O. The minimum absolute atomic E-state index is 0.0190. The average molecular weight is 437 g/mol. The lowest BCUT2D eigenvalue weighted by Gasteiger charge is -2.08. The van der Waals surface area contributed by atoms with Crippen LogP contribution in [0.5, 0.6) is 5.75 Å². The number of carboxylic acids is 1. The van der Waals surface area contributed by atoms with Gasteiger partial charge in [-0.1, -0.05) is 23.2 Å². The van der Waals surface area contributed by atoms with Crippen molar-refractivity contribution >= 4 is 47.0 Å². The van der Waals surface area contributed by atoms with Crippen molar-refractivity contribution in [3.63, 3.8) is 0 Å². The Kier molecular flexibility index (Phi) is 6.61. The Hall–Kier alpha value is -2.48. The van der Waals surface area contributed by atoms with E-state index in [-0.39, 0.29) is 16.0 Å². The predicted molar refractivity (Wildman–Crippen MR) is 109 cm³/mol. The number of carboxylic acid groups (broad SMARTS) is 1. The first-order valence-electron chi connectivity index (χ1n) is 8.11. The standard InChI is InChI=1S/C19H14Cl2N2O4S/c1-2-26-15-8-7-14(21)9-12(15)10-16(18(24)25)28-19-23-22-17(27-19)11-3-5-13(20)6-4-11/h3-10H,2H2,1H3,(H,24,25)/b16-10-. The van der Waals surface area contributed by atoms with Crippen molar-refractivity contribution in [2.45, 2.75) is 12.1 Å². The van der Waals surface area contributed by atoms with Gasteiger partial charge < -0.3 is 14.3 Å². The Morgan fingerprint density at radius 3 is 2.57 bits per heavy atom. The van der Waals surface area contributed by atoms with Crippen molar-refractivity contribution in [1.29, 1.82) is 0 Å². The van der Waals surface area contributed by atoms with Crippen LogP contribution < -0.4 is 4.74 Å². The number of aliphatic carboxylic acids is 1. The molecule has 0 atom stereocenters. The van der Waals surface area contributed by atoms with Gasteiger partial charge in [-0.25, -0.2) is 4.79 Å². The number of carbonyl (C=O) groups is 1. The maximum absolute atomic E-state index is 11.7. The van der Waals surface area contributed by atoms with Gasteiger partial charge in [0.25, 0.3) is 5.22 Å². The molecule has 6 nitrogen and oxygen atoms in total. The highest BCUT2D eigenvalue weighted by molar-refractivity contribution is 8.03. The Morgan fingerprint density at radius 2 is 1.89 bits per heavy atom. The molecule has 1 N–H and O–H groups in total. The van der Waals surface area contributed by atoms with E-state index < -0.39 is 5.97 Å². The fourth-order valence-electron chi connectivity index (χ4n) is 2.25. The van der Waals surface area contributed by atoms with Gasteiger partial charge in [-0.3, -0.25) is 0 Å². The quantitative estimate of drug-likeness (QED) is 0.377. The molecule has 144 valence electrons. The van der Waals surface area contributed by atoms with Crippen LogP contribution in [0.3, 0.4) is 0 Å².